The molecule has 20 heavy (non-hydrogen) atoms. The highest BCUT2D eigenvalue weighted by Crippen LogP contribution is 2.18. The van der Waals surface area contributed by atoms with Gasteiger partial charge in [-0.25, -0.2) is 0 Å². The van der Waals surface area contributed by atoms with E-state index < -0.39 is 0 Å². The molecule has 0 aromatic heterocycles. The average Bonchev–Trinajstić information content (AvgIpc) is 2.89. The Bertz CT molecular complexity index is 433. The first kappa shape index (κ1) is 14.8. The van der Waals surface area contributed by atoms with Crippen molar-refractivity contribution in [1.29, 1.82) is 0 Å². The molecular weight excluding hydrogens is 256 g/mol. The third kappa shape index (κ3) is 4.21. The summed E-state index contributed by atoms with van der Waals surface area (Å²) in [4.78, 5) is 13.9. The normalized spacial score (nSPS) is 19.0. The van der Waals surface area contributed by atoms with Crippen LogP contribution in [0, 0.1) is 5.92 Å². The minimum atomic E-state index is -0.230. The van der Waals surface area contributed by atoms with Gasteiger partial charge in [0.15, 0.2) is 0 Å². The van der Waals surface area contributed by atoms with E-state index in [1.54, 1.807) is 24.3 Å². The summed E-state index contributed by atoms with van der Waals surface area (Å²) in [6, 6.07) is 7.09. The van der Waals surface area contributed by atoms with E-state index >= 15 is 0 Å². The van der Waals surface area contributed by atoms with E-state index in [0.717, 1.165) is 25.3 Å². The standard InChI is InChI=1S/C15H22N2O3/c1-2-19-13-3-5-14(6-4-13)20-15(18)11-17-8-7-12(9-16)10-17/h3-6,12H,2,7-11,16H2,1H3. The fourth-order valence-corrected chi connectivity index (χ4v) is 2.37. The largest absolute Gasteiger partial charge is 0.494 e. The lowest BCUT2D eigenvalue weighted by atomic mass is 10.1. The van der Waals surface area contributed by atoms with Gasteiger partial charge in [-0.3, -0.25) is 9.69 Å². The van der Waals surface area contributed by atoms with Gasteiger partial charge in [0.25, 0.3) is 0 Å². The summed E-state index contributed by atoms with van der Waals surface area (Å²) in [6.07, 6.45) is 1.06. The summed E-state index contributed by atoms with van der Waals surface area (Å²) in [5.41, 5.74) is 5.63. The minimum absolute atomic E-state index is 0.230. The van der Waals surface area contributed by atoms with Gasteiger partial charge in [-0.05, 0) is 56.6 Å². The van der Waals surface area contributed by atoms with Crippen LogP contribution < -0.4 is 15.2 Å². The van der Waals surface area contributed by atoms with E-state index in [-0.39, 0.29) is 5.97 Å². The van der Waals surface area contributed by atoms with Gasteiger partial charge in [0.05, 0.1) is 13.2 Å². The number of carbonyl (C=O) groups excluding carboxylic acids is 1. The van der Waals surface area contributed by atoms with Crippen molar-refractivity contribution < 1.29 is 14.3 Å². The summed E-state index contributed by atoms with van der Waals surface area (Å²) >= 11 is 0. The lowest BCUT2D eigenvalue weighted by Crippen LogP contribution is -2.31. The molecule has 1 aliphatic heterocycles. The topological polar surface area (TPSA) is 64.8 Å². The molecule has 1 aromatic carbocycles. The lowest BCUT2D eigenvalue weighted by Gasteiger charge is -2.14. The third-order valence-corrected chi connectivity index (χ3v) is 3.42. The Morgan fingerprint density at radius 3 is 2.65 bits per heavy atom. The van der Waals surface area contributed by atoms with Crippen LogP contribution in [0.3, 0.4) is 0 Å². The van der Waals surface area contributed by atoms with Crippen molar-refractivity contribution in [3.05, 3.63) is 24.3 Å². The van der Waals surface area contributed by atoms with Gasteiger partial charge in [0.1, 0.15) is 11.5 Å². The highest BCUT2D eigenvalue weighted by molar-refractivity contribution is 5.74. The Morgan fingerprint density at radius 2 is 2.05 bits per heavy atom. The lowest BCUT2D eigenvalue weighted by molar-refractivity contribution is -0.135. The molecule has 1 fully saturated rings. The fraction of sp³-hybridized carbons (Fsp3) is 0.533. The van der Waals surface area contributed by atoms with Gasteiger partial charge < -0.3 is 15.2 Å². The highest BCUT2D eigenvalue weighted by Gasteiger charge is 2.23. The monoisotopic (exact) mass is 278 g/mol. The molecule has 0 aliphatic carbocycles. The Kier molecular flexibility index (Phi) is 5.38. The van der Waals surface area contributed by atoms with Gasteiger partial charge in [-0.2, -0.15) is 0 Å². The number of esters is 1. The smallest absolute Gasteiger partial charge is 0.325 e. The molecule has 1 aromatic rings. The number of hydrogen-bond donors (Lipinski definition) is 1. The molecule has 1 heterocycles. The first-order valence-corrected chi connectivity index (χ1v) is 7.07. The second kappa shape index (κ2) is 7.26. The molecule has 0 spiro atoms. The van der Waals surface area contributed by atoms with Crippen LogP contribution in [0.25, 0.3) is 0 Å². The van der Waals surface area contributed by atoms with Crippen LogP contribution in [-0.2, 0) is 4.79 Å². The van der Waals surface area contributed by atoms with Crippen LogP contribution in [0.4, 0.5) is 0 Å². The summed E-state index contributed by atoms with van der Waals surface area (Å²) in [7, 11) is 0. The Balaban J connectivity index is 1.79. The van der Waals surface area contributed by atoms with Crippen LogP contribution in [0.15, 0.2) is 24.3 Å². The third-order valence-electron chi connectivity index (χ3n) is 3.42. The molecule has 2 N–H and O–H groups in total. The number of rotatable bonds is 6. The summed E-state index contributed by atoms with van der Waals surface area (Å²) in [5.74, 6) is 1.60. The fourth-order valence-electron chi connectivity index (χ4n) is 2.37. The highest BCUT2D eigenvalue weighted by atomic mass is 16.5. The maximum absolute atomic E-state index is 11.8. The zero-order chi connectivity index (χ0) is 14.4. The first-order chi connectivity index (χ1) is 9.71. The van der Waals surface area contributed by atoms with Crippen molar-refractivity contribution in [3.8, 4) is 11.5 Å². The van der Waals surface area contributed by atoms with E-state index in [4.69, 9.17) is 15.2 Å². The molecule has 5 nitrogen and oxygen atoms in total. The Morgan fingerprint density at radius 1 is 1.35 bits per heavy atom. The molecule has 1 aliphatic rings. The van der Waals surface area contributed by atoms with Gasteiger partial charge in [-0.15, -0.1) is 0 Å². The molecule has 1 unspecified atom stereocenters. The Hall–Kier alpha value is -1.59. The maximum Gasteiger partial charge on any atom is 0.325 e. The molecule has 0 radical (unpaired) electrons. The van der Waals surface area contributed by atoms with E-state index in [1.165, 1.54) is 0 Å². The number of carbonyl (C=O) groups is 1. The molecule has 110 valence electrons. The number of hydrogen-bond acceptors (Lipinski definition) is 5. The van der Waals surface area contributed by atoms with E-state index in [9.17, 15) is 4.79 Å². The van der Waals surface area contributed by atoms with Crippen LogP contribution in [0.2, 0.25) is 0 Å². The number of ether oxygens (including phenoxy) is 2. The number of nitrogens with two attached hydrogens (primary N) is 1. The van der Waals surface area contributed by atoms with Gasteiger partial charge in [0.2, 0.25) is 0 Å². The van der Waals surface area contributed by atoms with E-state index in [2.05, 4.69) is 4.90 Å². The SMILES string of the molecule is CCOc1ccc(OC(=O)CN2CCC(CN)C2)cc1. The van der Waals surface area contributed by atoms with Crippen LogP contribution in [0.5, 0.6) is 11.5 Å². The molecule has 0 saturated carbocycles. The van der Waals surface area contributed by atoms with Crippen molar-refractivity contribution in [1.82, 2.24) is 4.90 Å². The minimum Gasteiger partial charge on any atom is -0.494 e. The van der Waals surface area contributed by atoms with Crippen LogP contribution >= 0.6 is 0 Å². The van der Waals surface area contributed by atoms with Crippen molar-refractivity contribution in [2.45, 2.75) is 13.3 Å². The predicted molar refractivity (Wildman–Crippen MR) is 76.8 cm³/mol. The summed E-state index contributed by atoms with van der Waals surface area (Å²) < 4.78 is 10.6. The average molecular weight is 278 g/mol. The molecule has 0 amide bonds. The second-order valence-electron chi connectivity index (χ2n) is 5.00. The zero-order valence-electron chi connectivity index (χ0n) is 11.9. The summed E-state index contributed by atoms with van der Waals surface area (Å²) in [6.45, 7) is 5.36. The van der Waals surface area contributed by atoms with Crippen molar-refractivity contribution in [2.24, 2.45) is 11.7 Å². The van der Waals surface area contributed by atoms with E-state index in [0.29, 0.717) is 31.4 Å². The van der Waals surface area contributed by atoms with Crippen LogP contribution in [0.1, 0.15) is 13.3 Å². The predicted octanol–water partition coefficient (Wildman–Crippen LogP) is 1.27. The van der Waals surface area contributed by atoms with Crippen LogP contribution in [-0.4, -0.2) is 43.7 Å². The quantitative estimate of drug-likeness (QED) is 0.627. The number of likely N-dealkylation sites (tertiary alicyclic amines) is 1. The van der Waals surface area contributed by atoms with Crippen molar-refractivity contribution in [2.75, 3.05) is 32.8 Å². The molecule has 1 saturated heterocycles. The van der Waals surface area contributed by atoms with E-state index in [1.807, 2.05) is 6.92 Å². The summed E-state index contributed by atoms with van der Waals surface area (Å²) in [5, 5.41) is 0. The Labute approximate surface area is 119 Å². The maximum atomic E-state index is 11.8. The van der Waals surface area contributed by atoms with Crippen molar-refractivity contribution in [3.63, 3.8) is 0 Å². The van der Waals surface area contributed by atoms with Gasteiger partial charge in [-0.1, -0.05) is 0 Å². The molecule has 0 bridgehead atoms. The molecular formula is C15H22N2O3. The zero-order valence-corrected chi connectivity index (χ0v) is 11.9. The first-order valence-electron chi connectivity index (χ1n) is 7.07. The van der Waals surface area contributed by atoms with Gasteiger partial charge >= 0.3 is 5.97 Å². The molecule has 5 heteroatoms. The number of nitrogens with zero attached hydrogens (tertiary/aromatic N) is 1. The van der Waals surface area contributed by atoms with Crippen molar-refractivity contribution >= 4 is 5.97 Å². The molecule has 1 atom stereocenters. The number of benzene rings is 1. The second-order valence-corrected chi connectivity index (χ2v) is 5.00. The molecule has 2 rings (SSSR count). The van der Waals surface area contributed by atoms with Gasteiger partial charge in [0, 0.05) is 6.54 Å².